The van der Waals surface area contributed by atoms with Crippen molar-refractivity contribution in [3.63, 3.8) is 0 Å². The Morgan fingerprint density at radius 1 is 0.426 bits per heavy atom. The van der Waals surface area contributed by atoms with E-state index in [-0.39, 0.29) is 30.1 Å². The first kappa shape index (κ1) is 61.0. The molecule has 0 bridgehead atoms. The average Bonchev–Trinajstić information content (AvgIpc) is 3.23. The van der Waals surface area contributed by atoms with Gasteiger partial charge >= 0.3 is 0 Å². The summed E-state index contributed by atoms with van der Waals surface area (Å²) in [5, 5.41) is 5.91. The van der Waals surface area contributed by atoms with E-state index in [4.69, 9.17) is 5.73 Å². The van der Waals surface area contributed by atoms with Crippen molar-refractivity contribution >= 4 is 47.3 Å². The first-order valence-electron chi connectivity index (χ1n) is 24.2. The fraction of sp³-hybridized carbons (Fsp3) is 0.725. The highest BCUT2D eigenvalue weighted by atomic mass is 16.2. The number of nitrogens with two attached hydrogens (primary N) is 1. The van der Waals surface area contributed by atoms with E-state index in [1.54, 1.807) is 62.4 Å². The average molecular weight is 956 g/mol. The van der Waals surface area contributed by atoms with Gasteiger partial charge in [0.15, 0.2) is 0 Å². The predicted octanol–water partition coefficient (Wildman–Crippen LogP) is 3.34. The molecule has 0 aliphatic carbocycles. The summed E-state index contributed by atoms with van der Waals surface area (Å²) in [6.07, 6.45) is 0.124. The summed E-state index contributed by atoms with van der Waals surface area (Å²) in [5.74, 6) is -6.37. The number of hydrogen-bond donors (Lipinski definition) is 3. The van der Waals surface area contributed by atoms with Gasteiger partial charge in [-0.25, -0.2) is 0 Å². The van der Waals surface area contributed by atoms with Gasteiger partial charge in [0.2, 0.25) is 47.3 Å². The number of nitrogens with zero attached hydrogens (tertiary/aromatic N) is 6. The third-order valence-electron chi connectivity index (χ3n) is 13.1. The Bertz CT molecular complexity index is 1870. The summed E-state index contributed by atoms with van der Waals surface area (Å²) >= 11 is 0. The van der Waals surface area contributed by atoms with Gasteiger partial charge < -0.3 is 45.8 Å². The molecule has 0 heterocycles. The molecular weight excluding hydrogens is 867 g/mol. The smallest absolute Gasteiger partial charge is 0.246 e. The standard InChI is InChI=1S/C51H89N9O8/c1-28(2)37(53-15)45(62)54-38(29(3)4)47(64)57(18)41(32(9)10)49(66)59(20)43(34(13)14)51(68)60(21)42(33(11)12)50(67)58(19)40(31(7)8)48(65)55(16)36(27-35-25-23-22-24-26-35)46(63)56(17)39(30(5)6)44(52)61/h22-26,28-34,36-43,53H,27H2,1-21H3,(H2,52,61)(H,54,62). The second-order valence-corrected chi connectivity index (χ2v) is 21.0. The second-order valence-electron chi connectivity index (χ2n) is 21.0. The highest BCUT2D eigenvalue weighted by molar-refractivity contribution is 5.98. The number of carbonyl (C=O) groups is 8. The van der Waals surface area contributed by atoms with E-state index in [9.17, 15) is 38.4 Å². The largest absolute Gasteiger partial charge is 0.368 e. The lowest BCUT2D eigenvalue weighted by atomic mass is 9.93. The van der Waals surface area contributed by atoms with Gasteiger partial charge in [-0.2, -0.15) is 0 Å². The Labute approximate surface area is 408 Å². The van der Waals surface area contributed by atoms with Crippen LogP contribution in [0.5, 0.6) is 0 Å². The third-order valence-corrected chi connectivity index (χ3v) is 13.1. The first-order valence-corrected chi connectivity index (χ1v) is 24.2. The molecule has 0 spiro atoms. The van der Waals surface area contributed by atoms with E-state index in [0.717, 1.165) is 5.56 Å². The van der Waals surface area contributed by atoms with Gasteiger partial charge in [0.1, 0.15) is 42.3 Å². The molecule has 0 saturated carbocycles. The van der Waals surface area contributed by atoms with Crippen molar-refractivity contribution in [3.05, 3.63) is 35.9 Å². The minimum Gasteiger partial charge on any atom is -0.368 e. The molecular formula is C51H89N9O8. The number of benzene rings is 1. The van der Waals surface area contributed by atoms with Gasteiger partial charge in [-0.1, -0.05) is 127 Å². The van der Waals surface area contributed by atoms with Crippen molar-refractivity contribution in [1.29, 1.82) is 0 Å². The van der Waals surface area contributed by atoms with E-state index in [1.165, 1.54) is 71.7 Å². The van der Waals surface area contributed by atoms with Gasteiger partial charge in [-0.15, -0.1) is 0 Å². The third kappa shape index (κ3) is 15.0. The molecule has 0 saturated heterocycles. The van der Waals surface area contributed by atoms with Crippen LogP contribution in [0.1, 0.15) is 102 Å². The molecule has 0 fully saturated rings. The van der Waals surface area contributed by atoms with Crippen molar-refractivity contribution in [2.75, 3.05) is 49.3 Å². The number of primary amides is 1. The topological polar surface area (TPSA) is 206 Å². The van der Waals surface area contributed by atoms with Crippen LogP contribution in [0.3, 0.4) is 0 Å². The molecule has 0 aliphatic rings. The molecule has 8 amide bonds. The Morgan fingerprint density at radius 2 is 0.735 bits per heavy atom. The molecule has 1 rings (SSSR count). The number of amides is 8. The van der Waals surface area contributed by atoms with Gasteiger partial charge in [-0.3, -0.25) is 38.4 Å². The SMILES string of the molecule is CNC(C(=O)NC(C(=O)N(C)C(C(=O)N(C)C(C(=O)N(C)C(C(=O)N(C)C(C(=O)N(C)C(Cc1ccccc1)C(=O)N(C)C(C(N)=O)C(C)C)C(C)C)C(C)C)C(C)C)C(C)C)C(C)C)C(C)C. The molecule has 1 aromatic carbocycles. The maximum Gasteiger partial charge on any atom is 0.246 e. The van der Waals surface area contributed by atoms with Crippen molar-refractivity contribution < 1.29 is 38.4 Å². The second kappa shape index (κ2) is 26.6. The highest BCUT2D eigenvalue weighted by Crippen LogP contribution is 2.25. The molecule has 8 unspecified atom stereocenters. The monoisotopic (exact) mass is 956 g/mol. The zero-order valence-corrected chi connectivity index (χ0v) is 45.3. The lowest BCUT2D eigenvalue weighted by Gasteiger charge is -2.43. The summed E-state index contributed by atoms with van der Waals surface area (Å²) < 4.78 is 0. The molecule has 0 radical (unpaired) electrons. The summed E-state index contributed by atoms with van der Waals surface area (Å²) in [6.45, 7) is 25.4. The number of likely N-dealkylation sites (N-methyl/N-ethyl adjacent to an activating group) is 7. The highest BCUT2D eigenvalue weighted by Gasteiger charge is 2.46. The van der Waals surface area contributed by atoms with E-state index < -0.39 is 113 Å². The lowest BCUT2D eigenvalue weighted by molar-refractivity contribution is -0.159. The van der Waals surface area contributed by atoms with Gasteiger partial charge in [0, 0.05) is 48.7 Å². The van der Waals surface area contributed by atoms with Crippen LogP contribution in [0, 0.1) is 41.4 Å². The van der Waals surface area contributed by atoms with Gasteiger partial charge in [0.25, 0.3) is 0 Å². The fourth-order valence-electron chi connectivity index (χ4n) is 9.44. The van der Waals surface area contributed by atoms with Crippen LogP contribution < -0.4 is 16.4 Å². The first-order chi connectivity index (χ1) is 31.3. The Balaban J connectivity index is 3.68. The van der Waals surface area contributed by atoms with E-state index in [0.29, 0.717) is 0 Å². The van der Waals surface area contributed by atoms with Crippen molar-refractivity contribution in [1.82, 2.24) is 40.0 Å². The molecule has 1 aromatic rings. The number of carbonyl (C=O) groups excluding carboxylic acids is 8. The zero-order chi connectivity index (χ0) is 53.0. The van der Waals surface area contributed by atoms with Crippen LogP contribution in [-0.2, 0) is 44.8 Å². The van der Waals surface area contributed by atoms with Crippen LogP contribution >= 0.6 is 0 Å². The summed E-state index contributed by atoms with van der Waals surface area (Å²) in [5.41, 5.74) is 6.53. The van der Waals surface area contributed by atoms with E-state index in [2.05, 4.69) is 10.6 Å². The van der Waals surface area contributed by atoms with Crippen LogP contribution in [0.15, 0.2) is 30.3 Å². The molecule has 4 N–H and O–H groups in total. The maximum absolute atomic E-state index is 14.9. The lowest BCUT2D eigenvalue weighted by Crippen LogP contribution is -2.63. The maximum atomic E-state index is 14.9. The Kier molecular flexibility index (Phi) is 23.9. The molecule has 68 heavy (non-hydrogen) atoms. The van der Waals surface area contributed by atoms with Crippen LogP contribution in [0.25, 0.3) is 0 Å². The number of rotatable bonds is 25. The quantitative estimate of drug-likeness (QED) is 0.131. The van der Waals surface area contributed by atoms with Crippen LogP contribution in [0.2, 0.25) is 0 Å². The molecule has 17 nitrogen and oxygen atoms in total. The van der Waals surface area contributed by atoms with Crippen molar-refractivity contribution in [3.8, 4) is 0 Å². The van der Waals surface area contributed by atoms with E-state index in [1.807, 2.05) is 71.9 Å². The zero-order valence-electron chi connectivity index (χ0n) is 45.3. The minimum absolute atomic E-state index is 0.0447. The van der Waals surface area contributed by atoms with E-state index >= 15 is 0 Å². The molecule has 0 aliphatic heterocycles. The van der Waals surface area contributed by atoms with Crippen molar-refractivity contribution in [2.24, 2.45) is 47.2 Å². The molecule has 386 valence electrons. The van der Waals surface area contributed by atoms with Crippen molar-refractivity contribution in [2.45, 2.75) is 152 Å². The normalized spacial score (nSPS) is 15.4. The fourth-order valence-corrected chi connectivity index (χ4v) is 9.44. The Morgan fingerprint density at radius 3 is 1.03 bits per heavy atom. The van der Waals surface area contributed by atoms with Gasteiger partial charge in [0.05, 0.1) is 6.04 Å². The Hall–Kier alpha value is -5.06. The predicted molar refractivity (Wildman–Crippen MR) is 267 cm³/mol. The summed E-state index contributed by atoms with van der Waals surface area (Å²) in [4.78, 5) is 122. The number of hydrogen-bond acceptors (Lipinski definition) is 9. The summed E-state index contributed by atoms with van der Waals surface area (Å²) in [6, 6.07) is 1.48. The number of nitrogens with one attached hydrogen (secondary N) is 2. The van der Waals surface area contributed by atoms with Crippen LogP contribution in [0.4, 0.5) is 0 Å². The van der Waals surface area contributed by atoms with Crippen LogP contribution in [-0.4, -0.2) is 174 Å². The molecule has 0 aromatic heterocycles. The molecule has 17 heteroatoms. The molecule has 8 atom stereocenters. The van der Waals surface area contributed by atoms with Gasteiger partial charge in [-0.05, 0) is 54.0 Å². The summed E-state index contributed by atoms with van der Waals surface area (Å²) in [7, 11) is 10.8. The minimum atomic E-state index is -1.08.